The maximum atomic E-state index is 5.81. The van der Waals surface area contributed by atoms with Gasteiger partial charge in [0.25, 0.3) is 0 Å². The summed E-state index contributed by atoms with van der Waals surface area (Å²) in [4.78, 5) is 2.31. The van der Waals surface area contributed by atoms with Gasteiger partial charge in [0.2, 0.25) is 0 Å². The highest BCUT2D eigenvalue weighted by atomic mass is 16.6. The van der Waals surface area contributed by atoms with E-state index >= 15 is 0 Å². The van der Waals surface area contributed by atoms with Crippen LogP contribution in [0.25, 0.3) is 0 Å². The molecule has 17 heavy (non-hydrogen) atoms. The van der Waals surface area contributed by atoms with Gasteiger partial charge in [-0.05, 0) is 12.1 Å². The summed E-state index contributed by atoms with van der Waals surface area (Å²) >= 11 is 0. The van der Waals surface area contributed by atoms with Crippen LogP contribution < -0.4 is 9.64 Å². The summed E-state index contributed by atoms with van der Waals surface area (Å²) in [5, 5.41) is 0. The second kappa shape index (κ2) is 4.94. The molecule has 0 aromatic heterocycles. The lowest BCUT2D eigenvalue weighted by atomic mass is 10.2. The number of anilines is 1. The van der Waals surface area contributed by atoms with Crippen LogP contribution >= 0.6 is 0 Å². The third-order valence-electron chi connectivity index (χ3n) is 3.04. The maximum absolute atomic E-state index is 5.81. The molecule has 1 aromatic carbocycles. The summed E-state index contributed by atoms with van der Waals surface area (Å²) in [5.41, 5.74) is 1.16. The quantitative estimate of drug-likeness (QED) is 0.737. The molecular weight excluding hydrogens is 218 g/mol. The Labute approximate surface area is 101 Å². The van der Waals surface area contributed by atoms with Crippen LogP contribution in [-0.4, -0.2) is 45.6 Å². The smallest absolute Gasteiger partial charge is 0.142 e. The van der Waals surface area contributed by atoms with Crippen LogP contribution in [0.1, 0.15) is 0 Å². The fourth-order valence-electron chi connectivity index (χ4n) is 1.99. The van der Waals surface area contributed by atoms with Crippen molar-refractivity contribution < 1.29 is 14.2 Å². The normalized spacial score (nSPS) is 23.5. The van der Waals surface area contributed by atoms with Crippen molar-refractivity contribution in [3.05, 3.63) is 24.3 Å². The van der Waals surface area contributed by atoms with Crippen molar-refractivity contribution in [3.8, 4) is 5.75 Å². The van der Waals surface area contributed by atoms with Crippen LogP contribution in [0.5, 0.6) is 5.75 Å². The Bertz CT molecular complexity index is 373. The van der Waals surface area contributed by atoms with Gasteiger partial charge in [-0.2, -0.15) is 0 Å². The van der Waals surface area contributed by atoms with Crippen molar-refractivity contribution in [3.63, 3.8) is 0 Å². The molecule has 3 rings (SSSR count). The first kappa shape index (κ1) is 10.9. The maximum Gasteiger partial charge on any atom is 0.142 e. The molecule has 0 saturated carbocycles. The number of rotatable bonds is 4. The SMILES string of the molecule is c1ccc(N2CCOCC2)c(OC[C@@H]2CO2)c1. The Balaban J connectivity index is 1.71. The molecule has 0 N–H and O–H groups in total. The first-order valence-electron chi connectivity index (χ1n) is 6.09. The summed E-state index contributed by atoms with van der Waals surface area (Å²) in [6, 6.07) is 8.18. The van der Waals surface area contributed by atoms with Crippen molar-refractivity contribution in [2.75, 3.05) is 44.4 Å². The molecule has 92 valence electrons. The molecule has 2 saturated heterocycles. The number of nitrogens with zero attached hydrogens (tertiary/aromatic N) is 1. The van der Waals surface area contributed by atoms with Gasteiger partial charge in [0.15, 0.2) is 0 Å². The molecule has 2 fully saturated rings. The number of epoxide rings is 1. The van der Waals surface area contributed by atoms with E-state index in [0.717, 1.165) is 44.3 Å². The molecule has 2 heterocycles. The van der Waals surface area contributed by atoms with E-state index in [1.54, 1.807) is 0 Å². The molecule has 1 aromatic rings. The fourth-order valence-corrected chi connectivity index (χ4v) is 1.99. The van der Waals surface area contributed by atoms with Crippen LogP contribution in [0, 0.1) is 0 Å². The van der Waals surface area contributed by atoms with E-state index in [1.165, 1.54) is 0 Å². The first-order valence-corrected chi connectivity index (χ1v) is 6.09. The van der Waals surface area contributed by atoms with E-state index in [1.807, 2.05) is 18.2 Å². The Morgan fingerprint density at radius 3 is 2.76 bits per heavy atom. The van der Waals surface area contributed by atoms with Crippen LogP contribution in [0.3, 0.4) is 0 Å². The van der Waals surface area contributed by atoms with Crippen molar-refractivity contribution in [1.29, 1.82) is 0 Å². The molecule has 4 heteroatoms. The molecule has 0 radical (unpaired) electrons. The van der Waals surface area contributed by atoms with Crippen LogP contribution in [0.15, 0.2) is 24.3 Å². The van der Waals surface area contributed by atoms with Crippen LogP contribution in [-0.2, 0) is 9.47 Å². The number of hydrogen-bond donors (Lipinski definition) is 0. The molecule has 0 aliphatic carbocycles. The molecule has 4 nitrogen and oxygen atoms in total. The molecule has 2 aliphatic rings. The van der Waals surface area contributed by atoms with E-state index in [-0.39, 0.29) is 0 Å². The molecule has 0 amide bonds. The van der Waals surface area contributed by atoms with Gasteiger partial charge in [0.1, 0.15) is 18.5 Å². The predicted molar refractivity (Wildman–Crippen MR) is 64.7 cm³/mol. The third kappa shape index (κ3) is 2.70. The van der Waals surface area contributed by atoms with E-state index in [0.29, 0.717) is 12.7 Å². The van der Waals surface area contributed by atoms with Gasteiger partial charge in [-0.3, -0.25) is 0 Å². The van der Waals surface area contributed by atoms with Crippen LogP contribution in [0.2, 0.25) is 0 Å². The number of benzene rings is 1. The van der Waals surface area contributed by atoms with E-state index < -0.39 is 0 Å². The second-order valence-electron chi connectivity index (χ2n) is 4.33. The summed E-state index contributed by atoms with van der Waals surface area (Å²) in [6.45, 7) is 4.93. The topological polar surface area (TPSA) is 34.2 Å². The lowest BCUT2D eigenvalue weighted by molar-refractivity contribution is 0.122. The molecule has 1 atom stereocenters. The van der Waals surface area contributed by atoms with Crippen molar-refractivity contribution in [2.45, 2.75) is 6.10 Å². The number of morpholine rings is 1. The Morgan fingerprint density at radius 1 is 1.24 bits per heavy atom. The van der Waals surface area contributed by atoms with Crippen molar-refractivity contribution >= 4 is 5.69 Å². The highest BCUT2D eigenvalue weighted by Gasteiger charge is 2.24. The van der Waals surface area contributed by atoms with Gasteiger partial charge >= 0.3 is 0 Å². The minimum Gasteiger partial charge on any atom is -0.489 e. The standard InChI is InChI=1S/C13H17NO3/c1-2-4-13(17-10-11-9-16-11)12(3-1)14-5-7-15-8-6-14/h1-4,11H,5-10H2/t11-/m0/s1. The van der Waals surface area contributed by atoms with Gasteiger partial charge in [0, 0.05) is 13.1 Å². The van der Waals surface area contributed by atoms with Crippen molar-refractivity contribution in [1.82, 2.24) is 0 Å². The average Bonchev–Trinajstić information content (AvgIpc) is 3.22. The predicted octanol–water partition coefficient (Wildman–Crippen LogP) is 1.30. The summed E-state index contributed by atoms with van der Waals surface area (Å²) in [6.07, 6.45) is 0.299. The largest absolute Gasteiger partial charge is 0.489 e. The Kier molecular flexibility index (Phi) is 3.16. The first-order chi connectivity index (χ1) is 8.43. The molecule has 0 unspecified atom stereocenters. The zero-order valence-electron chi connectivity index (χ0n) is 9.80. The lowest BCUT2D eigenvalue weighted by Crippen LogP contribution is -2.36. The zero-order chi connectivity index (χ0) is 11.5. The van der Waals surface area contributed by atoms with Gasteiger partial charge in [-0.25, -0.2) is 0 Å². The summed E-state index contributed by atoms with van der Waals surface area (Å²) in [7, 11) is 0. The average molecular weight is 235 g/mol. The van der Waals surface area contributed by atoms with E-state index in [9.17, 15) is 0 Å². The summed E-state index contributed by atoms with van der Waals surface area (Å²) < 4.78 is 16.3. The number of para-hydroxylation sites is 2. The minimum absolute atomic E-state index is 0.299. The zero-order valence-corrected chi connectivity index (χ0v) is 9.80. The number of ether oxygens (including phenoxy) is 3. The number of hydrogen-bond acceptors (Lipinski definition) is 4. The monoisotopic (exact) mass is 235 g/mol. The molecular formula is C13H17NO3. The van der Waals surface area contributed by atoms with Gasteiger partial charge in [-0.1, -0.05) is 12.1 Å². The lowest BCUT2D eigenvalue weighted by Gasteiger charge is -2.30. The second-order valence-corrected chi connectivity index (χ2v) is 4.33. The van der Waals surface area contributed by atoms with Gasteiger partial charge < -0.3 is 19.1 Å². The van der Waals surface area contributed by atoms with E-state index in [2.05, 4.69) is 11.0 Å². The molecule has 2 aliphatic heterocycles. The van der Waals surface area contributed by atoms with Crippen molar-refractivity contribution in [2.24, 2.45) is 0 Å². The molecule has 0 bridgehead atoms. The summed E-state index contributed by atoms with van der Waals surface area (Å²) in [5.74, 6) is 0.949. The highest BCUT2D eigenvalue weighted by Crippen LogP contribution is 2.29. The third-order valence-corrected chi connectivity index (χ3v) is 3.04. The molecule has 0 spiro atoms. The van der Waals surface area contributed by atoms with Gasteiger partial charge in [-0.15, -0.1) is 0 Å². The highest BCUT2D eigenvalue weighted by molar-refractivity contribution is 5.58. The Morgan fingerprint density at radius 2 is 2.00 bits per heavy atom. The van der Waals surface area contributed by atoms with Crippen LogP contribution in [0.4, 0.5) is 5.69 Å². The van der Waals surface area contributed by atoms with Gasteiger partial charge in [0.05, 0.1) is 25.5 Å². The fraction of sp³-hybridized carbons (Fsp3) is 0.538. The minimum atomic E-state index is 0.299. The Hall–Kier alpha value is -1.26. The van der Waals surface area contributed by atoms with E-state index in [4.69, 9.17) is 14.2 Å².